The minimum atomic E-state index is -0.857. The van der Waals surface area contributed by atoms with Crippen LogP contribution in [0.5, 0.6) is 0 Å². The minimum Gasteiger partial charge on any atom is -0.481 e. The number of pyridine rings is 1. The summed E-state index contributed by atoms with van der Waals surface area (Å²) in [6.45, 7) is 4.38. The topological polar surface area (TPSA) is 82.5 Å². The molecule has 1 aliphatic rings. The van der Waals surface area contributed by atoms with Gasteiger partial charge in [0.15, 0.2) is 0 Å². The van der Waals surface area contributed by atoms with E-state index in [0.29, 0.717) is 19.4 Å². The number of amides is 2. The quantitative estimate of drug-likeness (QED) is 0.892. The molecule has 6 nitrogen and oxygen atoms in total. The fraction of sp³-hybridized carbons (Fsp3) is 0.533. The number of carbonyl (C=O) groups excluding carboxylic acids is 1. The summed E-state index contributed by atoms with van der Waals surface area (Å²) in [6.07, 6.45) is 2.98. The first-order chi connectivity index (χ1) is 9.92. The van der Waals surface area contributed by atoms with E-state index in [-0.39, 0.29) is 18.6 Å². The van der Waals surface area contributed by atoms with Crippen molar-refractivity contribution < 1.29 is 14.7 Å². The average molecular weight is 291 g/mol. The minimum absolute atomic E-state index is 0.211. The van der Waals surface area contributed by atoms with Crippen molar-refractivity contribution in [3.63, 3.8) is 0 Å². The molecule has 1 aliphatic heterocycles. The molecule has 2 rings (SSSR count). The molecule has 1 fully saturated rings. The van der Waals surface area contributed by atoms with Crippen LogP contribution in [0.1, 0.15) is 38.4 Å². The van der Waals surface area contributed by atoms with Gasteiger partial charge in [-0.1, -0.05) is 6.07 Å². The second kappa shape index (κ2) is 6.11. The Morgan fingerprint density at radius 1 is 1.48 bits per heavy atom. The van der Waals surface area contributed by atoms with E-state index in [9.17, 15) is 14.7 Å². The van der Waals surface area contributed by atoms with Crippen molar-refractivity contribution in [2.45, 2.75) is 32.7 Å². The fourth-order valence-corrected chi connectivity index (χ4v) is 2.57. The highest BCUT2D eigenvalue weighted by Crippen LogP contribution is 2.29. The Kier molecular flexibility index (Phi) is 4.45. The molecule has 0 aromatic carbocycles. The normalized spacial score (nSPS) is 23.4. The smallest absolute Gasteiger partial charge is 0.317 e. The predicted molar refractivity (Wildman–Crippen MR) is 77.7 cm³/mol. The van der Waals surface area contributed by atoms with Crippen molar-refractivity contribution in [1.29, 1.82) is 0 Å². The van der Waals surface area contributed by atoms with Crippen molar-refractivity contribution in [2.24, 2.45) is 5.41 Å². The van der Waals surface area contributed by atoms with Gasteiger partial charge in [-0.3, -0.25) is 9.78 Å². The van der Waals surface area contributed by atoms with E-state index in [2.05, 4.69) is 10.3 Å². The number of hydrogen-bond acceptors (Lipinski definition) is 3. The molecule has 0 saturated carbocycles. The van der Waals surface area contributed by atoms with Gasteiger partial charge in [-0.15, -0.1) is 0 Å². The highest BCUT2D eigenvalue weighted by Gasteiger charge is 2.39. The number of carboxylic acid groups (broad SMARTS) is 1. The van der Waals surface area contributed by atoms with E-state index in [0.717, 1.165) is 5.69 Å². The third-order valence-corrected chi connectivity index (χ3v) is 3.97. The molecule has 6 heteroatoms. The highest BCUT2D eigenvalue weighted by atomic mass is 16.4. The molecule has 0 radical (unpaired) electrons. The molecule has 2 unspecified atom stereocenters. The molecule has 2 amide bonds. The molecule has 0 bridgehead atoms. The molecule has 0 spiro atoms. The molecule has 1 aromatic rings. The second-order valence-corrected chi connectivity index (χ2v) is 5.82. The summed E-state index contributed by atoms with van der Waals surface area (Å²) in [7, 11) is 0. The molecule has 0 aliphatic carbocycles. The monoisotopic (exact) mass is 291 g/mol. The zero-order chi connectivity index (χ0) is 15.5. The van der Waals surface area contributed by atoms with Crippen LogP contribution in [-0.4, -0.2) is 40.1 Å². The first kappa shape index (κ1) is 15.3. The number of rotatable bonds is 3. The van der Waals surface area contributed by atoms with E-state index in [1.807, 2.05) is 25.1 Å². The number of likely N-dealkylation sites (tertiary alicyclic amines) is 1. The molecule has 2 heterocycles. The van der Waals surface area contributed by atoms with Crippen molar-refractivity contribution in [2.75, 3.05) is 13.1 Å². The van der Waals surface area contributed by atoms with Crippen molar-refractivity contribution in [3.8, 4) is 0 Å². The zero-order valence-corrected chi connectivity index (χ0v) is 12.4. The maximum Gasteiger partial charge on any atom is 0.317 e. The fourth-order valence-electron chi connectivity index (χ4n) is 2.57. The standard InChI is InChI=1S/C15H21N3O3/c1-11(12-6-3-4-8-16-12)17-14(21)18-9-5-7-15(2,10-18)13(19)20/h3-4,6,8,11H,5,7,9-10H2,1-2H3,(H,17,21)(H,19,20). The summed E-state index contributed by atoms with van der Waals surface area (Å²) >= 11 is 0. The largest absolute Gasteiger partial charge is 0.481 e. The third-order valence-electron chi connectivity index (χ3n) is 3.97. The summed E-state index contributed by atoms with van der Waals surface area (Å²) in [5, 5.41) is 12.2. The van der Waals surface area contributed by atoms with Crippen LogP contribution >= 0.6 is 0 Å². The Morgan fingerprint density at radius 3 is 2.86 bits per heavy atom. The molecular weight excluding hydrogens is 270 g/mol. The van der Waals surface area contributed by atoms with Crippen LogP contribution in [0.3, 0.4) is 0 Å². The SMILES string of the molecule is CC(NC(=O)N1CCCC(C)(C(=O)O)C1)c1ccccn1. The molecule has 2 atom stereocenters. The lowest BCUT2D eigenvalue weighted by atomic mass is 9.82. The van der Waals surface area contributed by atoms with E-state index in [1.54, 1.807) is 18.0 Å². The van der Waals surface area contributed by atoms with Crippen LogP contribution in [0.25, 0.3) is 0 Å². The first-order valence-electron chi connectivity index (χ1n) is 7.12. The first-order valence-corrected chi connectivity index (χ1v) is 7.12. The van der Waals surface area contributed by atoms with Gasteiger partial charge in [-0.05, 0) is 38.8 Å². The Balaban J connectivity index is 1.99. The predicted octanol–water partition coefficient (Wildman–Crippen LogP) is 2.04. The maximum absolute atomic E-state index is 12.3. The van der Waals surface area contributed by atoms with Gasteiger partial charge in [0, 0.05) is 19.3 Å². The van der Waals surface area contributed by atoms with Crippen molar-refractivity contribution >= 4 is 12.0 Å². The molecule has 21 heavy (non-hydrogen) atoms. The number of hydrogen-bond donors (Lipinski definition) is 2. The van der Waals surface area contributed by atoms with E-state index < -0.39 is 11.4 Å². The number of carboxylic acids is 1. The lowest BCUT2D eigenvalue weighted by Crippen LogP contribution is -2.51. The average Bonchev–Trinajstić information content (AvgIpc) is 2.48. The van der Waals surface area contributed by atoms with Gasteiger partial charge >= 0.3 is 12.0 Å². The van der Waals surface area contributed by atoms with Gasteiger partial charge in [0.05, 0.1) is 17.2 Å². The lowest BCUT2D eigenvalue weighted by molar-refractivity contribution is -0.150. The van der Waals surface area contributed by atoms with Crippen LogP contribution in [0.2, 0.25) is 0 Å². The van der Waals surface area contributed by atoms with E-state index in [1.165, 1.54) is 0 Å². The van der Waals surface area contributed by atoms with Crippen LogP contribution in [0, 0.1) is 5.41 Å². The Morgan fingerprint density at radius 2 is 2.24 bits per heavy atom. The van der Waals surface area contributed by atoms with Gasteiger partial charge in [0.2, 0.25) is 0 Å². The molecular formula is C15H21N3O3. The second-order valence-electron chi connectivity index (χ2n) is 5.82. The zero-order valence-electron chi connectivity index (χ0n) is 12.4. The van der Waals surface area contributed by atoms with Crippen LogP contribution in [0.4, 0.5) is 4.79 Å². The maximum atomic E-state index is 12.3. The number of nitrogens with one attached hydrogen (secondary N) is 1. The van der Waals surface area contributed by atoms with Gasteiger partial charge in [-0.25, -0.2) is 4.79 Å². The van der Waals surface area contributed by atoms with E-state index >= 15 is 0 Å². The summed E-state index contributed by atoms with van der Waals surface area (Å²) in [4.78, 5) is 29.4. The summed E-state index contributed by atoms with van der Waals surface area (Å²) in [6, 6.07) is 5.09. The van der Waals surface area contributed by atoms with Gasteiger partial charge in [-0.2, -0.15) is 0 Å². The number of nitrogens with zero attached hydrogens (tertiary/aromatic N) is 2. The number of aliphatic carboxylic acids is 1. The molecule has 2 N–H and O–H groups in total. The molecule has 114 valence electrons. The molecule has 1 saturated heterocycles. The third kappa shape index (κ3) is 3.51. The Hall–Kier alpha value is -2.11. The van der Waals surface area contributed by atoms with Crippen molar-refractivity contribution in [1.82, 2.24) is 15.2 Å². The van der Waals surface area contributed by atoms with Gasteiger partial charge < -0.3 is 15.3 Å². The number of piperidine rings is 1. The van der Waals surface area contributed by atoms with E-state index in [4.69, 9.17) is 0 Å². The summed E-state index contributed by atoms with van der Waals surface area (Å²) < 4.78 is 0. The van der Waals surface area contributed by atoms with Gasteiger partial charge in [0.25, 0.3) is 0 Å². The molecule has 1 aromatic heterocycles. The van der Waals surface area contributed by atoms with Crippen LogP contribution < -0.4 is 5.32 Å². The van der Waals surface area contributed by atoms with Gasteiger partial charge in [0.1, 0.15) is 0 Å². The number of aromatic nitrogens is 1. The number of carbonyl (C=O) groups is 2. The van der Waals surface area contributed by atoms with Crippen LogP contribution in [0.15, 0.2) is 24.4 Å². The highest BCUT2D eigenvalue weighted by molar-refractivity contribution is 5.78. The Bertz CT molecular complexity index is 520. The summed E-state index contributed by atoms with van der Waals surface area (Å²) in [5.41, 5.74) is -0.0760. The van der Waals surface area contributed by atoms with Crippen molar-refractivity contribution in [3.05, 3.63) is 30.1 Å². The van der Waals surface area contributed by atoms with Crippen LogP contribution in [-0.2, 0) is 4.79 Å². The lowest BCUT2D eigenvalue weighted by Gasteiger charge is -2.37. The number of urea groups is 1. The summed E-state index contributed by atoms with van der Waals surface area (Å²) in [5.74, 6) is -0.849. The Labute approximate surface area is 124 Å².